The smallest absolute Gasteiger partial charge is 0.227 e. The number of hydrogen-bond donors (Lipinski definition) is 0. The van der Waals surface area contributed by atoms with E-state index in [1.54, 1.807) is 31.3 Å². The number of sulfonamides is 1. The Morgan fingerprint density at radius 2 is 1.89 bits per heavy atom. The first-order chi connectivity index (χ1) is 13.3. The number of rotatable bonds is 6. The van der Waals surface area contributed by atoms with E-state index in [0.717, 1.165) is 34.4 Å². The standard InChI is InChI=1S/C21H27N3O3S/c1-5-24(28(26,27)6-2)15(3)18-12-19(14-22-13-18)16-7-9-20-17(11-16)8-10-21(25)23(20)4/h7,9,11-15H,5-6,8,10H2,1-4H3/t15-/m1/s1. The lowest BCUT2D eigenvalue weighted by Crippen LogP contribution is -2.34. The summed E-state index contributed by atoms with van der Waals surface area (Å²) in [5.41, 5.74) is 4.91. The zero-order chi connectivity index (χ0) is 20.5. The van der Waals surface area contributed by atoms with E-state index < -0.39 is 10.0 Å². The van der Waals surface area contributed by atoms with E-state index in [1.165, 1.54) is 4.31 Å². The number of pyridine rings is 1. The van der Waals surface area contributed by atoms with Gasteiger partial charge in [0, 0.05) is 49.7 Å². The molecule has 1 aliphatic rings. The third-order valence-corrected chi connectivity index (χ3v) is 7.48. The molecular formula is C21H27N3O3S. The molecule has 0 bridgehead atoms. The Hall–Kier alpha value is -2.25. The van der Waals surface area contributed by atoms with Crippen LogP contribution in [0.3, 0.4) is 0 Å². The third kappa shape index (κ3) is 3.82. The van der Waals surface area contributed by atoms with Gasteiger partial charge in [-0.05, 0) is 55.2 Å². The highest BCUT2D eigenvalue weighted by Gasteiger charge is 2.26. The van der Waals surface area contributed by atoms with Crippen molar-refractivity contribution in [3.63, 3.8) is 0 Å². The maximum Gasteiger partial charge on any atom is 0.227 e. The lowest BCUT2D eigenvalue weighted by Gasteiger charge is -2.27. The van der Waals surface area contributed by atoms with Gasteiger partial charge in [0.05, 0.1) is 5.75 Å². The van der Waals surface area contributed by atoms with E-state index in [1.807, 2.05) is 32.0 Å². The van der Waals surface area contributed by atoms with Crippen LogP contribution >= 0.6 is 0 Å². The molecule has 150 valence electrons. The fourth-order valence-electron chi connectivity index (χ4n) is 3.72. The van der Waals surface area contributed by atoms with E-state index in [4.69, 9.17) is 0 Å². The first-order valence-electron chi connectivity index (χ1n) is 9.62. The van der Waals surface area contributed by atoms with Gasteiger partial charge in [-0.3, -0.25) is 9.78 Å². The number of benzene rings is 1. The molecule has 1 aromatic carbocycles. The summed E-state index contributed by atoms with van der Waals surface area (Å²) >= 11 is 0. The van der Waals surface area contributed by atoms with E-state index in [0.29, 0.717) is 13.0 Å². The number of nitrogens with zero attached hydrogens (tertiary/aromatic N) is 3. The number of aryl methyl sites for hydroxylation is 1. The van der Waals surface area contributed by atoms with Gasteiger partial charge in [-0.25, -0.2) is 8.42 Å². The number of hydrogen-bond acceptors (Lipinski definition) is 4. The molecule has 7 heteroatoms. The van der Waals surface area contributed by atoms with Crippen molar-refractivity contribution in [1.29, 1.82) is 0 Å². The van der Waals surface area contributed by atoms with Gasteiger partial charge >= 0.3 is 0 Å². The maximum absolute atomic E-state index is 12.4. The minimum atomic E-state index is -3.29. The molecule has 0 saturated carbocycles. The highest BCUT2D eigenvalue weighted by Crippen LogP contribution is 2.32. The lowest BCUT2D eigenvalue weighted by atomic mass is 9.96. The second-order valence-corrected chi connectivity index (χ2v) is 9.29. The molecule has 3 rings (SSSR count). The summed E-state index contributed by atoms with van der Waals surface area (Å²) in [6.07, 6.45) is 4.77. The third-order valence-electron chi connectivity index (χ3n) is 5.46. The Kier molecular flexibility index (Phi) is 5.86. The minimum Gasteiger partial charge on any atom is -0.315 e. The van der Waals surface area contributed by atoms with Crippen LogP contribution < -0.4 is 4.90 Å². The SMILES string of the molecule is CCN([C@H](C)c1cncc(-c2ccc3c(c2)CCC(=O)N3C)c1)S(=O)(=O)CC. The van der Waals surface area contributed by atoms with Crippen LogP contribution in [0.15, 0.2) is 36.7 Å². The highest BCUT2D eigenvalue weighted by molar-refractivity contribution is 7.89. The summed E-state index contributed by atoms with van der Waals surface area (Å²) < 4.78 is 26.3. The van der Waals surface area contributed by atoms with Crippen molar-refractivity contribution in [1.82, 2.24) is 9.29 Å². The van der Waals surface area contributed by atoms with Crippen molar-refractivity contribution in [3.05, 3.63) is 47.8 Å². The summed E-state index contributed by atoms with van der Waals surface area (Å²) in [7, 11) is -1.49. The quantitative estimate of drug-likeness (QED) is 0.744. The van der Waals surface area contributed by atoms with Crippen molar-refractivity contribution in [3.8, 4) is 11.1 Å². The largest absolute Gasteiger partial charge is 0.315 e. The van der Waals surface area contributed by atoms with Crippen LogP contribution in [0.4, 0.5) is 5.69 Å². The van der Waals surface area contributed by atoms with Crippen LogP contribution in [0.25, 0.3) is 11.1 Å². The molecule has 0 spiro atoms. The topological polar surface area (TPSA) is 70.6 Å². The molecule has 2 heterocycles. The zero-order valence-electron chi connectivity index (χ0n) is 16.8. The summed E-state index contributed by atoms with van der Waals surface area (Å²) in [4.78, 5) is 18.0. The maximum atomic E-state index is 12.4. The van der Waals surface area contributed by atoms with E-state index in [2.05, 4.69) is 11.1 Å². The zero-order valence-corrected chi connectivity index (χ0v) is 17.7. The lowest BCUT2D eigenvalue weighted by molar-refractivity contribution is -0.118. The van der Waals surface area contributed by atoms with Gasteiger partial charge in [-0.15, -0.1) is 0 Å². The van der Waals surface area contributed by atoms with Gasteiger partial charge in [0.25, 0.3) is 0 Å². The Morgan fingerprint density at radius 1 is 1.14 bits per heavy atom. The predicted octanol–water partition coefficient (Wildman–Crippen LogP) is 3.39. The van der Waals surface area contributed by atoms with Crippen molar-refractivity contribution in [2.45, 2.75) is 39.7 Å². The Balaban J connectivity index is 1.95. The molecule has 1 atom stereocenters. The number of carbonyl (C=O) groups is 1. The second kappa shape index (κ2) is 8.01. The number of anilines is 1. The minimum absolute atomic E-state index is 0.0787. The Morgan fingerprint density at radius 3 is 2.57 bits per heavy atom. The molecule has 1 aromatic heterocycles. The first-order valence-corrected chi connectivity index (χ1v) is 11.2. The summed E-state index contributed by atoms with van der Waals surface area (Å²) in [5, 5.41) is 0. The second-order valence-electron chi connectivity index (χ2n) is 7.08. The van der Waals surface area contributed by atoms with Gasteiger partial charge in [-0.2, -0.15) is 4.31 Å². The van der Waals surface area contributed by atoms with Crippen LogP contribution in [-0.2, 0) is 21.2 Å². The van der Waals surface area contributed by atoms with Crippen molar-refractivity contribution in [2.24, 2.45) is 0 Å². The first kappa shape index (κ1) is 20.5. The molecular weight excluding hydrogens is 374 g/mol. The van der Waals surface area contributed by atoms with Gasteiger partial charge in [0.15, 0.2) is 0 Å². The Labute approximate surface area is 167 Å². The molecule has 2 aromatic rings. The fraction of sp³-hybridized carbons (Fsp3) is 0.429. The molecule has 28 heavy (non-hydrogen) atoms. The van der Waals surface area contributed by atoms with Crippen LogP contribution in [0.1, 0.15) is 44.4 Å². The number of aromatic nitrogens is 1. The normalized spacial score (nSPS) is 15.6. The molecule has 0 radical (unpaired) electrons. The van der Waals surface area contributed by atoms with Crippen molar-refractivity contribution in [2.75, 3.05) is 24.2 Å². The number of carbonyl (C=O) groups excluding carboxylic acids is 1. The molecule has 6 nitrogen and oxygen atoms in total. The van der Waals surface area contributed by atoms with Crippen LogP contribution in [-0.4, -0.2) is 43.0 Å². The molecule has 0 aliphatic carbocycles. The molecule has 0 fully saturated rings. The van der Waals surface area contributed by atoms with Gasteiger partial charge in [-0.1, -0.05) is 13.0 Å². The predicted molar refractivity (Wildman–Crippen MR) is 112 cm³/mol. The van der Waals surface area contributed by atoms with Crippen LogP contribution in [0, 0.1) is 0 Å². The summed E-state index contributed by atoms with van der Waals surface area (Å²) in [6, 6.07) is 7.77. The van der Waals surface area contributed by atoms with E-state index >= 15 is 0 Å². The molecule has 1 amide bonds. The summed E-state index contributed by atoms with van der Waals surface area (Å²) in [6.45, 7) is 5.82. The average Bonchev–Trinajstić information content (AvgIpc) is 2.71. The summed E-state index contributed by atoms with van der Waals surface area (Å²) in [5.74, 6) is 0.213. The molecule has 1 aliphatic heterocycles. The average molecular weight is 402 g/mol. The number of amides is 1. The number of fused-ring (bicyclic) bond motifs is 1. The van der Waals surface area contributed by atoms with E-state index in [9.17, 15) is 13.2 Å². The Bertz CT molecular complexity index is 988. The molecule has 0 unspecified atom stereocenters. The van der Waals surface area contributed by atoms with Gasteiger partial charge < -0.3 is 4.90 Å². The van der Waals surface area contributed by atoms with Gasteiger partial charge in [0.1, 0.15) is 0 Å². The fourth-order valence-corrected chi connectivity index (χ4v) is 5.05. The van der Waals surface area contributed by atoms with E-state index in [-0.39, 0.29) is 17.7 Å². The monoisotopic (exact) mass is 401 g/mol. The molecule has 0 N–H and O–H groups in total. The van der Waals surface area contributed by atoms with Crippen molar-refractivity contribution < 1.29 is 13.2 Å². The van der Waals surface area contributed by atoms with Crippen LogP contribution in [0.5, 0.6) is 0 Å². The molecule has 0 saturated heterocycles. The highest BCUT2D eigenvalue weighted by atomic mass is 32.2. The van der Waals surface area contributed by atoms with Gasteiger partial charge in [0.2, 0.25) is 15.9 Å². The van der Waals surface area contributed by atoms with Crippen LogP contribution in [0.2, 0.25) is 0 Å². The van der Waals surface area contributed by atoms with Crippen molar-refractivity contribution >= 4 is 21.6 Å².